The Morgan fingerprint density at radius 1 is 1.00 bits per heavy atom. The predicted molar refractivity (Wildman–Crippen MR) is 83.0 cm³/mol. The Balaban J connectivity index is 2.47. The summed E-state index contributed by atoms with van der Waals surface area (Å²) in [5.74, 6) is 0. The van der Waals surface area contributed by atoms with Gasteiger partial charge in [0.05, 0.1) is 16.1 Å². The largest absolute Gasteiger partial charge is 0.495 e. The molecule has 1 aromatic carbocycles. The van der Waals surface area contributed by atoms with E-state index in [2.05, 4.69) is 0 Å². The first-order chi connectivity index (χ1) is 9.37. The molecule has 2 N–H and O–H groups in total. The fourth-order valence-corrected chi connectivity index (χ4v) is 3.19. The van der Waals surface area contributed by atoms with Crippen molar-refractivity contribution in [2.24, 2.45) is 5.14 Å². The molecule has 0 bridgehead atoms. The summed E-state index contributed by atoms with van der Waals surface area (Å²) in [5.41, 5.74) is 1.41. The smallest absolute Gasteiger partial charge is 0.399 e. The number of primary sulfonamides is 1. The van der Waals surface area contributed by atoms with Gasteiger partial charge in [-0.05, 0) is 64.2 Å². The number of sulfonamides is 1. The molecule has 21 heavy (non-hydrogen) atoms. The molecule has 0 atom stereocenters. The first-order valence-corrected chi connectivity index (χ1v) is 8.40. The topological polar surface area (TPSA) is 78.6 Å². The van der Waals surface area contributed by atoms with Crippen LogP contribution in [-0.2, 0) is 19.3 Å². The van der Waals surface area contributed by atoms with Crippen molar-refractivity contribution >= 4 is 22.6 Å². The van der Waals surface area contributed by atoms with Gasteiger partial charge < -0.3 is 9.31 Å². The van der Waals surface area contributed by atoms with Crippen LogP contribution in [0.3, 0.4) is 0 Å². The zero-order chi connectivity index (χ0) is 16.2. The van der Waals surface area contributed by atoms with Gasteiger partial charge in [-0.2, -0.15) is 0 Å². The number of nitrogens with two attached hydrogens (primary N) is 1. The molecule has 0 amide bonds. The summed E-state index contributed by atoms with van der Waals surface area (Å²) in [5, 5.41) is 5.23. The number of rotatable bonds is 2. The quantitative estimate of drug-likeness (QED) is 0.834. The van der Waals surface area contributed by atoms with Gasteiger partial charge in [0, 0.05) is 0 Å². The summed E-state index contributed by atoms with van der Waals surface area (Å²) in [6, 6.07) is 3.22. The molecule has 0 radical (unpaired) electrons. The lowest BCUT2D eigenvalue weighted by Crippen LogP contribution is -2.41. The van der Waals surface area contributed by atoms with Crippen molar-refractivity contribution in [3.63, 3.8) is 0 Å². The molecule has 7 heteroatoms. The lowest BCUT2D eigenvalue weighted by molar-refractivity contribution is 0.00578. The van der Waals surface area contributed by atoms with E-state index in [9.17, 15) is 8.42 Å². The standard InChI is InChI=1S/C14H22BNO4S/c1-9-10(2)12(21(16,17)18)8-7-11(9)15-19-13(3,4)14(5,6)20-15/h7-8H,1-6H3,(H2,16,17,18). The Morgan fingerprint density at radius 2 is 1.48 bits per heavy atom. The second kappa shape index (κ2) is 4.81. The average molecular weight is 311 g/mol. The second-order valence-corrected chi connectivity index (χ2v) is 8.07. The van der Waals surface area contributed by atoms with Gasteiger partial charge in [-0.15, -0.1) is 0 Å². The highest BCUT2D eigenvalue weighted by Crippen LogP contribution is 2.37. The normalized spacial score (nSPS) is 20.8. The molecule has 5 nitrogen and oxygen atoms in total. The Morgan fingerprint density at radius 3 is 1.90 bits per heavy atom. The van der Waals surface area contributed by atoms with Crippen molar-refractivity contribution in [2.75, 3.05) is 0 Å². The molecule has 116 valence electrons. The van der Waals surface area contributed by atoms with E-state index in [1.807, 2.05) is 34.6 Å². The fraction of sp³-hybridized carbons (Fsp3) is 0.571. The van der Waals surface area contributed by atoms with Gasteiger partial charge in [0.15, 0.2) is 0 Å². The zero-order valence-corrected chi connectivity index (χ0v) is 14.2. The zero-order valence-electron chi connectivity index (χ0n) is 13.4. The van der Waals surface area contributed by atoms with Gasteiger partial charge in [-0.1, -0.05) is 6.07 Å². The summed E-state index contributed by atoms with van der Waals surface area (Å²) >= 11 is 0. The van der Waals surface area contributed by atoms with Gasteiger partial charge in [0.25, 0.3) is 0 Å². The number of hydrogen-bond donors (Lipinski definition) is 1. The molecule has 1 aliphatic heterocycles. The summed E-state index contributed by atoms with van der Waals surface area (Å²) < 4.78 is 35.1. The van der Waals surface area contributed by atoms with E-state index in [0.29, 0.717) is 5.56 Å². The fourth-order valence-electron chi connectivity index (χ4n) is 2.35. The highest BCUT2D eigenvalue weighted by atomic mass is 32.2. The minimum atomic E-state index is -3.72. The van der Waals surface area contributed by atoms with Gasteiger partial charge in [0.2, 0.25) is 10.0 Å². The van der Waals surface area contributed by atoms with Crippen LogP contribution in [0.1, 0.15) is 38.8 Å². The Labute approximate surface area is 127 Å². The molecule has 0 unspecified atom stereocenters. The van der Waals surface area contributed by atoms with Crippen LogP contribution in [0.25, 0.3) is 0 Å². The predicted octanol–water partition coefficient (Wildman–Crippen LogP) is 1.25. The summed E-state index contributed by atoms with van der Waals surface area (Å²) in [4.78, 5) is 0.139. The summed E-state index contributed by atoms with van der Waals surface area (Å²) in [6.07, 6.45) is 0. The second-order valence-electron chi connectivity index (χ2n) is 6.54. The van der Waals surface area contributed by atoms with Crippen molar-refractivity contribution in [1.29, 1.82) is 0 Å². The van der Waals surface area contributed by atoms with E-state index in [-0.39, 0.29) is 4.90 Å². The molecular formula is C14H22BNO4S. The van der Waals surface area contributed by atoms with Crippen molar-refractivity contribution in [2.45, 2.75) is 57.6 Å². The van der Waals surface area contributed by atoms with Crippen LogP contribution in [0, 0.1) is 13.8 Å². The van der Waals surface area contributed by atoms with E-state index in [4.69, 9.17) is 14.4 Å². The Bertz CT molecular complexity index is 666. The first-order valence-electron chi connectivity index (χ1n) is 6.85. The monoisotopic (exact) mass is 311 g/mol. The summed E-state index contributed by atoms with van der Waals surface area (Å²) in [6.45, 7) is 11.5. The molecular weight excluding hydrogens is 289 g/mol. The average Bonchev–Trinajstić information content (AvgIpc) is 2.50. The highest BCUT2D eigenvalue weighted by molar-refractivity contribution is 7.89. The third-order valence-electron chi connectivity index (χ3n) is 4.59. The molecule has 1 saturated heterocycles. The summed E-state index contributed by atoms with van der Waals surface area (Å²) in [7, 11) is -4.23. The molecule has 1 aromatic rings. The van der Waals surface area contributed by atoms with E-state index >= 15 is 0 Å². The van der Waals surface area contributed by atoms with Gasteiger partial charge in [-0.3, -0.25) is 0 Å². The lowest BCUT2D eigenvalue weighted by atomic mass is 9.75. The van der Waals surface area contributed by atoms with Gasteiger partial charge in [0.1, 0.15) is 0 Å². The number of hydrogen-bond acceptors (Lipinski definition) is 4. The van der Waals surface area contributed by atoms with Crippen molar-refractivity contribution < 1.29 is 17.7 Å². The van der Waals surface area contributed by atoms with Crippen molar-refractivity contribution in [3.8, 4) is 0 Å². The Hall–Kier alpha value is -0.885. The van der Waals surface area contributed by atoms with Crippen LogP contribution < -0.4 is 10.6 Å². The van der Waals surface area contributed by atoms with Crippen molar-refractivity contribution in [3.05, 3.63) is 23.3 Å². The maximum Gasteiger partial charge on any atom is 0.495 e. The van der Waals surface area contributed by atoms with Crippen molar-refractivity contribution in [1.82, 2.24) is 0 Å². The third kappa shape index (κ3) is 2.75. The van der Waals surface area contributed by atoms with E-state index in [1.54, 1.807) is 13.0 Å². The van der Waals surface area contributed by atoms with Crippen LogP contribution in [0.15, 0.2) is 17.0 Å². The molecule has 1 aliphatic rings. The molecule has 0 saturated carbocycles. The van der Waals surface area contributed by atoms with Crippen LogP contribution in [0.2, 0.25) is 0 Å². The highest BCUT2D eigenvalue weighted by Gasteiger charge is 2.52. The minimum Gasteiger partial charge on any atom is -0.399 e. The Kier molecular flexibility index (Phi) is 3.78. The maximum absolute atomic E-state index is 11.6. The lowest BCUT2D eigenvalue weighted by Gasteiger charge is -2.32. The molecule has 2 rings (SSSR count). The molecule has 0 spiro atoms. The van der Waals surface area contributed by atoms with E-state index < -0.39 is 28.3 Å². The van der Waals surface area contributed by atoms with Crippen LogP contribution in [0.4, 0.5) is 0 Å². The molecule has 1 heterocycles. The van der Waals surface area contributed by atoms with E-state index in [1.165, 1.54) is 6.07 Å². The number of benzene rings is 1. The van der Waals surface area contributed by atoms with E-state index in [0.717, 1.165) is 11.0 Å². The van der Waals surface area contributed by atoms with Crippen LogP contribution in [-0.4, -0.2) is 26.7 Å². The first kappa shape index (κ1) is 16.5. The van der Waals surface area contributed by atoms with Crippen LogP contribution >= 0.6 is 0 Å². The SMILES string of the molecule is Cc1c(B2OC(C)(C)C(C)(C)O2)ccc(S(N)(=O)=O)c1C. The maximum atomic E-state index is 11.6. The molecule has 0 aliphatic carbocycles. The van der Waals surface area contributed by atoms with Crippen LogP contribution in [0.5, 0.6) is 0 Å². The third-order valence-corrected chi connectivity index (χ3v) is 5.65. The van der Waals surface area contributed by atoms with Gasteiger partial charge >= 0.3 is 7.12 Å². The molecule has 0 aromatic heterocycles. The molecule has 1 fully saturated rings. The van der Waals surface area contributed by atoms with Gasteiger partial charge in [-0.25, -0.2) is 13.6 Å². The minimum absolute atomic E-state index is 0.139.